The second kappa shape index (κ2) is 5.71. The molecule has 1 aliphatic carbocycles. The molecule has 0 aromatic carbocycles. The van der Waals surface area contributed by atoms with Crippen LogP contribution in [-0.2, 0) is 0 Å². The lowest BCUT2D eigenvalue weighted by Crippen LogP contribution is -2.62. The van der Waals surface area contributed by atoms with Crippen LogP contribution in [0, 0.1) is 5.92 Å². The van der Waals surface area contributed by atoms with Gasteiger partial charge >= 0.3 is 0 Å². The lowest BCUT2D eigenvalue weighted by Gasteiger charge is -2.46. The van der Waals surface area contributed by atoms with Crippen molar-refractivity contribution in [3.05, 3.63) is 0 Å². The van der Waals surface area contributed by atoms with Crippen molar-refractivity contribution in [3.63, 3.8) is 0 Å². The SMILES string of the molecule is CCCC(C)CN1CC2(CCCC2)NCC1C. The van der Waals surface area contributed by atoms with Crippen molar-refractivity contribution < 1.29 is 0 Å². The predicted molar refractivity (Wildman–Crippen MR) is 74.3 cm³/mol. The average Bonchev–Trinajstić information content (AvgIpc) is 2.73. The van der Waals surface area contributed by atoms with Gasteiger partial charge < -0.3 is 5.32 Å². The molecule has 1 saturated heterocycles. The minimum Gasteiger partial charge on any atom is -0.308 e. The van der Waals surface area contributed by atoms with Gasteiger partial charge in [0.1, 0.15) is 0 Å². The third-order valence-electron chi connectivity index (χ3n) is 4.79. The fraction of sp³-hybridized carbons (Fsp3) is 1.00. The molecule has 2 heteroatoms. The highest BCUT2D eigenvalue weighted by Crippen LogP contribution is 2.33. The van der Waals surface area contributed by atoms with Gasteiger partial charge in [-0.25, -0.2) is 0 Å². The molecule has 2 unspecified atom stereocenters. The molecule has 1 saturated carbocycles. The average molecular weight is 238 g/mol. The standard InChI is InChI=1S/C15H30N2/c1-4-7-13(2)11-17-12-15(8-5-6-9-15)16-10-14(17)3/h13-14,16H,4-12H2,1-3H3. The van der Waals surface area contributed by atoms with E-state index in [-0.39, 0.29) is 0 Å². The Morgan fingerprint density at radius 3 is 2.71 bits per heavy atom. The highest BCUT2D eigenvalue weighted by atomic mass is 15.3. The molecule has 2 nitrogen and oxygen atoms in total. The number of piperazine rings is 1. The highest BCUT2D eigenvalue weighted by Gasteiger charge is 2.39. The monoisotopic (exact) mass is 238 g/mol. The van der Waals surface area contributed by atoms with Crippen LogP contribution in [-0.4, -0.2) is 36.1 Å². The first-order valence-corrected chi connectivity index (χ1v) is 7.64. The normalized spacial score (nSPS) is 30.9. The molecule has 2 rings (SSSR count). The molecule has 17 heavy (non-hydrogen) atoms. The molecular weight excluding hydrogens is 208 g/mol. The van der Waals surface area contributed by atoms with Gasteiger partial charge in [-0.05, 0) is 32.1 Å². The summed E-state index contributed by atoms with van der Waals surface area (Å²) in [5.74, 6) is 0.860. The van der Waals surface area contributed by atoms with Crippen molar-refractivity contribution in [2.75, 3.05) is 19.6 Å². The number of hydrogen-bond acceptors (Lipinski definition) is 2. The summed E-state index contributed by atoms with van der Waals surface area (Å²) in [6.45, 7) is 10.9. The number of nitrogens with one attached hydrogen (secondary N) is 1. The zero-order chi connectivity index (χ0) is 12.3. The first kappa shape index (κ1) is 13.4. The second-order valence-electron chi connectivity index (χ2n) is 6.54. The van der Waals surface area contributed by atoms with Crippen LogP contribution in [0.3, 0.4) is 0 Å². The topological polar surface area (TPSA) is 15.3 Å². The molecule has 1 spiro atoms. The molecular formula is C15H30N2. The van der Waals surface area contributed by atoms with E-state index in [2.05, 4.69) is 31.0 Å². The Balaban J connectivity index is 1.90. The summed E-state index contributed by atoms with van der Waals surface area (Å²) < 4.78 is 0. The third-order valence-corrected chi connectivity index (χ3v) is 4.79. The first-order chi connectivity index (χ1) is 8.15. The number of rotatable bonds is 4. The fourth-order valence-electron chi connectivity index (χ4n) is 3.71. The summed E-state index contributed by atoms with van der Waals surface area (Å²) in [7, 11) is 0. The van der Waals surface area contributed by atoms with E-state index < -0.39 is 0 Å². The minimum atomic E-state index is 0.485. The molecule has 100 valence electrons. The Hall–Kier alpha value is -0.0800. The van der Waals surface area contributed by atoms with E-state index in [1.54, 1.807) is 0 Å². The van der Waals surface area contributed by atoms with E-state index in [0.717, 1.165) is 12.0 Å². The van der Waals surface area contributed by atoms with E-state index in [9.17, 15) is 0 Å². The van der Waals surface area contributed by atoms with Crippen LogP contribution in [0.5, 0.6) is 0 Å². The number of hydrogen-bond donors (Lipinski definition) is 1. The van der Waals surface area contributed by atoms with Crippen molar-refractivity contribution in [2.45, 2.75) is 70.9 Å². The summed E-state index contributed by atoms with van der Waals surface area (Å²) in [5.41, 5.74) is 0.485. The van der Waals surface area contributed by atoms with Gasteiger partial charge in [-0.2, -0.15) is 0 Å². The molecule has 2 atom stereocenters. The zero-order valence-electron chi connectivity index (χ0n) is 12.0. The quantitative estimate of drug-likeness (QED) is 0.810. The van der Waals surface area contributed by atoms with Crippen LogP contribution in [0.1, 0.15) is 59.3 Å². The van der Waals surface area contributed by atoms with Crippen molar-refractivity contribution in [1.82, 2.24) is 10.2 Å². The van der Waals surface area contributed by atoms with Crippen molar-refractivity contribution >= 4 is 0 Å². The lowest BCUT2D eigenvalue weighted by molar-refractivity contribution is 0.0752. The summed E-state index contributed by atoms with van der Waals surface area (Å²) in [4.78, 5) is 2.75. The van der Waals surface area contributed by atoms with E-state index >= 15 is 0 Å². The van der Waals surface area contributed by atoms with Gasteiger partial charge in [0.2, 0.25) is 0 Å². The zero-order valence-corrected chi connectivity index (χ0v) is 12.0. The Bertz CT molecular complexity index is 233. The van der Waals surface area contributed by atoms with Crippen molar-refractivity contribution in [2.24, 2.45) is 5.92 Å². The maximum absolute atomic E-state index is 3.84. The van der Waals surface area contributed by atoms with Crippen LogP contribution in [0.25, 0.3) is 0 Å². The highest BCUT2D eigenvalue weighted by molar-refractivity contribution is 5.00. The van der Waals surface area contributed by atoms with Gasteiger partial charge in [0.25, 0.3) is 0 Å². The summed E-state index contributed by atoms with van der Waals surface area (Å²) in [6.07, 6.45) is 8.37. The molecule has 0 amide bonds. The van der Waals surface area contributed by atoms with Crippen LogP contribution in [0.4, 0.5) is 0 Å². The number of nitrogens with zero attached hydrogens (tertiary/aromatic N) is 1. The third kappa shape index (κ3) is 3.23. The Morgan fingerprint density at radius 2 is 2.06 bits per heavy atom. The lowest BCUT2D eigenvalue weighted by atomic mass is 9.91. The van der Waals surface area contributed by atoms with Crippen LogP contribution in [0.2, 0.25) is 0 Å². The predicted octanol–water partition coefficient (Wildman–Crippen LogP) is 3.03. The molecule has 1 aliphatic heterocycles. The van der Waals surface area contributed by atoms with E-state index in [1.807, 2.05) is 0 Å². The maximum atomic E-state index is 3.84. The van der Waals surface area contributed by atoms with Crippen LogP contribution < -0.4 is 5.32 Å². The molecule has 1 heterocycles. The van der Waals surface area contributed by atoms with Crippen LogP contribution in [0.15, 0.2) is 0 Å². The van der Waals surface area contributed by atoms with Crippen molar-refractivity contribution in [1.29, 1.82) is 0 Å². The molecule has 0 aromatic heterocycles. The van der Waals surface area contributed by atoms with E-state index in [1.165, 1.54) is 58.2 Å². The summed E-state index contributed by atoms with van der Waals surface area (Å²) >= 11 is 0. The van der Waals surface area contributed by atoms with Gasteiger partial charge in [0, 0.05) is 31.2 Å². The molecule has 0 radical (unpaired) electrons. The Morgan fingerprint density at radius 1 is 1.35 bits per heavy atom. The second-order valence-corrected chi connectivity index (χ2v) is 6.54. The molecule has 0 aromatic rings. The molecule has 2 fully saturated rings. The smallest absolute Gasteiger partial charge is 0.0309 e. The van der Waals surface area contributed by atoms with Gasteiger partial charge in [0.05, 0.1) is 0 Å². The first-order valence-electron chi connectivity index (χ1n) is 7.64. The van der Waals surface area contributed by atoms with E-state index in [4.69, 9.17) is 0 Å². The van der Waals surface area contributed by atoms with Crippen molar-refractivity contribution in [3.8, 4) is 0 Å². The van der Waals surface area contributed by atoms with Gasteiger partial charge in [-0.15, -0.1) is 0 Å². The van der Waals surface area contributed by atoms with Crippen LogP contribution >= 0.6 is 0 Å². The van der Waals surface area contributed by atoms with Gasteiger partial charge in [0.15, 0.2) is 0 Å². The molecule has 0 bridgehead atoms. The fourth-order valence-corrected chi connectivity index (χ4v) is 3.71. The van der Waals surface area contributed by atoms with Gasteiger partial charge in [-0.3, -0.25) is 4.90 Å². The minimum absolute atomic E-state index is 0.485. The molecule has 2 aliphatic rings. The maximum Gasteiger partial charge on any atom is 0.0309 e. The van der Waals surface area contributed by atoms with E-state index in [0.29, 0.717) is 5.54 Å². The Labute approximate surface area is 107 Å². The molecule has 1 N–H and O–H groups in total. The summed E-state index contributed by atoms with van der Waals surface area (Å²) in [6, 6.07) is 0.723. The summed E-state index contributed by atoms with van der Waals surface area (Å²) in [5, 5.41) is 3.84. The van der Waals surface area contributed by atoms with Gasteiger partial charge in [-0.1, -0.05) is 33.1 Å². The largest absolute Gasteiger partial charge is 0.308 e. The Kier molecular flexibility index (Phi) is 4.48.